The molecule has 2 heterocycles. The molecule has 1 atom stereocenters. The van der Waals surface area contributed by atoms with Gasteiger partial charge in [0.2, 0.25) is 6.41 Å². The van der Waals surface area contributed by atoms with Crippen LogP contribution in [0.4, 0.5) is 5.69 Å². The van der Waals surface area contributed by atoms with Gasteiger partial charge in [0.15, 0.2) is 11.0 Å². The molecule has 1 aliphatic rings. The van der Waals surface area contributed by atoms with Gasteiger partial charge >= 0.3 is 0 Å². The summed E-state index contributed by atoms with van der Waals surface area (Å²) < 4.78 is 0. The van der Waals surface area contributed by atoms with Crippen molar-refractivity contribution < 1.29 is 9.59 Å². The van der Waals surface area contributed by atoms with Gasteiger partial charge in [0.25, 0.3) is 0 Å². The quantitative estimate of drug-likeness (QED) is 0.603. The smallest absolute Gasteiger partial charge is 0.211 e. The summed E-state index contributed by atoms with van der Waals surface area (Å²) in [4.78, 5) is 31.7. The third-order valence-electron chi connectivity index (χ3n) is 4.38. The van der Waals surface area contributed by atoms with E-state index < -0.39 is 0 Å². The molecular weight excluding hydrogens is 348 g/mol. The highest BCUT2D eigenvalue weighted by atomic mass is 32.2. The first-order valence-electron chi connectivity index (χ1n) is 8.27. The molecule has 0 saturated carbocycles. The highest BCUT2D eigenvalue weighted by Crippen LogP contribution is 2.35. The SMILES string of the molecule is CC1(c2cccc(CC(=O)c3ccc(NC=O)cn3)c2)CCSC(N)=N1. The van der Waals surface area contributed by atoms with Crippen LogP contribution in [0.5, 0.6) is 0 Å². The standard InChI is InChI=1S/C19H20N4O2S/c1-19(7-8-26-18(20)23-19)14-4-2-3-13(9-14)10-17(25)16-6-5-15(11-21-16)22-12-24/h2-6,9,11-12H,7-8,10H2,1H3,(H2,20,23)(H,22,24). The molecule has 2 aromatic rings. The van der Waals surface area contributed by atoms with Crippen molar-refractivity contribution in [3.8, 4) is 0 Å². The molecule has 1 aromatic carbocycles. The van der Waals surface area contributed by atoms with E-state index in [0.717, 1.165) is 23.3 Å². The molecular formula is C19H20N4O2S. The maximum Gasteiger partial charge on any atom is 0.211 e. The van der Waals surface area contributed by atoms with Gasteiger partial charge in [-0.15, -0.1) is 0 Å². The lowest BCUT2D eigenvalue weighted by atomic mass is 9.88. The molecule has 0 fully saturated rings. The number of thioether (sulfide) groups is 1. The maximum atomic E-state index is 12.5. The van der Waals surface area contributed by atoms with Crippen LogP contribution in [0.3, 0.4) is 0 Å². The molecule has 3 rings (SSSR count). The van der Waals surface area contributed by atoms with E-state index in [4.69, 9.17) is 5.73 Å². The number of Topliss-reactive ketones (excluding diaryl/α,β-unsaturated/α-hetero) is 1. The normalized spacial score (nSPS) is 19.5. The molecule has 0 radical (unpaired) electrons. The van der Waals surface area contributed by atoms with Crippen LogP contribution >= 0.6 is 11.8 Å². The van der Waals surface area contributed by atoms with Gasteiger partial charge in [-0.3, -0.25) is 19.6 Å². The number of aliphatic imine (C=N–C) groups is 1. The molecule has 1 unspecified atom stereocenters. The van der Waals surface area contributed by atoms with Gasteiger partial charge in [0, 0.05) is 12.2 Å². The van der Waals surface area contributed by atoms with Crippen molar-refractivity contribution in [3.05, 3.63) is 59.4 Å². The third kappa shape index (κ3) is 4.11. The second-order valence-electron chi connectivity index (χ2n) is 6.32. The maximum absolute atomic E-state index is 12.5. The van der Waals surface area contributed by atoms with Crippen LogP contribution in [0.1, 0.15) is 35.0 Å². The number of carbonyl (C=O) groups is 2. The van der Waals surface area contributed by atoms with E-state index in [9.17, 15) is 9.59 Å². The van der Waals surface area contributed by atoms with Crippen molar-refractivity contribution in [1.29, 1.82) is 0 Å². The Morgan fingerprint density at radius 1 is 1.38 bits per heavy atom. The predicted molar refractivity (Wildman–Crippen MR) is 104 cm³/mol. The van der Waals surface area contributed by atoms with E-state index in [0.29, 0.717) is 23.0 Å². The van der Waals surface area contributed by atoms with E-state index in [1.165, 1.54) is 6.20 Å². The molecule has 26 heavy (non-hydrogen) atoms. The Labute approximate surface area is 156 Å². The first-order valence-corrected chi connectivity index (χ1v) is 9.26. The van der Waals surface area contributed by atoms with E-state index in [-0.39, 0.29) is 17.7 Å². The van der Waals surface area contributed by atoms with Crippen LogP contribution in [-0.2, 0) is 16.8 Å². The molecule has 1 aromatic heterocycles. The number of pyridine rings is 1. The van der Waals surface area contributed by atoms with Crippen LogP contribution in [-0.4, -0.2) is 28.1 Å². The fourth-order valence-electron chi connectivity index (χ4n) is 2.90. The molecule has 1 aliphatic heterocycles. The number of nitrogens with two attached hydrogens (primary N) is 1. The molecule has 6 nitrogen and oxygen atoms in total. The Balaban J connectivity index is 1.77. The van der Waals surface area contributed by atoms with Crippen LogP contribution in [0.25, 0.3) is 0 Å². The number of amidine groups is 1. The minimum absolute atomic E-state index is 0.0767. The number of hydrogen-bond donors (Lipinski definition) is 2. The van der Waals surface area contributed by atoms with Gasteiger partial charge in [0.05, 0.1) is 17.4 Å². The Morgan fingerprint density at radius 2 is 2.23 bits per heavy atom. The molecule has 1 amide bonds. The second-order valence-corrected chi connectivity index (χ2v) is 7.43. The zero-order chi connectivity index (χ0) is 18.6. The fourth-order valence-corrected chi connectivity index (χ4v) is 3.87. The highest BCUT2D eigenvalue weighted by molar-refractivity contribution is 8.13. The molecule has 134 valence electrons. The number of ketones is 1. The van der Waals surface area contributed by atoms with Gasteiger partial charge in [-0.25, -0.2) is 0 Å². The lowest BCUT2D eigenvalue weighted by molar-refractivity contribution is -0.105. The summed E-state index contributed by atoms with van der Waals surface area (Å²) in [6.07, 6.45) is 3.20. The Morgan fingerprint density at radius 3 is 2.92 bits per heavy atom. The van der Waals surface area contributed by atoms with Gasteiger partial charge in [-0.2, -0.15) is 0 Å². The number of amides is 1. The summed E-state index contributed by atoms with van der Waals surface area (Å²) >= 11 is 1.57. The summed E-state index contributed by atoms with van der Waals surface area (Å²) in [5.41, 5.74) is 8.44. The average Bonchev–Trinajstić information content (AvgIpc) is 2.63. The second kappa shape index (κ2) is 7.70. The number of nitrogens with zero attached hydrogens (tertiary/aromatic N) is 2. The minimum atomic E-state index is -0.352. The zero-order valence-electron chi connectivity index (χ0n) is 14.4. The van der Waals surface area contributed by atoms with Crippen LogP contribution < -0.4 is 11.1 Å². The van der Waals surface area contributed by atoms with E-state index >= 15 is 0 Å². The van der Waals surface area contributed by atoms with Crippen molar-refractivity contribution in [2.75, 3.05) is 11.1 Å². The van der Waals surface area contributed by atoms with Crippen molar-refractivity contribution in [2.24, 2.45) is 10.7 Å². The average molecular weight is 368 g/mol. The van der Waals surface area contributed by atoms with Crippen molar-refractivity contribution in [2.45, 2.75) is 25.3 Å². The fraction of sp³-hybridized carbons (Fsp3) is 0.263. The number of anilines is 1. The monoisotopic (exact) mass is 368 g/mol. The minimum Gasteiger partial charge on any atom is -0.379 e. The topological polar surface area (TPSA) is 97.4 Å². The number of carbonyl (C=O) groups excluding carboxylic acids is 2. The largest absolute Gasteiger partial charge is 0.379 e. The van der Waals surface area contributed by atoms with E-state index in [1.807, 2.05) is 24.3 Å². The summed E-state index contributed by atoms with van der Waals surface area (Å²) in [5.74, 6) is 0.854. The number of hydrogen-bond acceptors (Lipinski definition) is 6. The van der Waals surface area contributed by atoms with Gasteiger partial charge < -0.3 is 11.1 Å². The Hall–Kier alpha value is -2.67. The molecule has 7 heteroatoms. The number of aromatic nitrogens is 1. The first-order chi connectivity index (χ1) is 12.5. The molecule has 0 bridgehead atoms. The molecule has 0 saturated heterocycles. The van der Waals surface area contributed by atoms with Crippen molar-refractivity contribution in [1.82, 2.24) is 4.98 Å². The first kappa shape index (κ1) is 18.1. The van der Waals surface area contributed by atoms with Gasteiger partial charge in [-0.1, -0.05) is 36.0 Å². The van der Waals surface area contributed by atoms with E-state index in [2.05, 4.69) is 22.2 Å². The molecule has 0 aliphatic carbocycles. The Kier molecular flexibility index (Phi) is 5.37. The lowest BCUT2D eigenvalue weighted by Crippen LogP contribution is -2.28. The molecule has 3 N–H and O–H groups in total. The zero-order valence-corrected chi connectivity index (χ0v) is 15.3. The van der Waals surface area contributed by atoms with E-state index in [1.54, 1.807) is 23.9 Å². The summed E-state index contributed by atoms with van der Waals surface area (Å²) in [7, 11) is 0. The predicted octanol–water partition coefficient (Wildman–Crippen LogP) is 2.74. The summed E-state index contributed by atoms with van der Waals surface area (Å²) in [5, 5.41) is 3.10. The third-order valence-corrected chi connectivity index (χ3v) is 5.18. The van der Waals surface area contributed by atoms with Gasteiger partial charge in [0.1, 0.15) is 5.69 Å². The van der Waals surface area contributed by atoms with Gasteiger partial charge in [-0.05, 0) is 36.6 Å². The number of benzene rings is 1. The summed E-state index contributed by atoms with van der Waals surface area (Å²) in [6, 6.07) is 11.2. The molecule has 0 spiro atoms. The highest BCUT2D eigenvalue weighted by Gasteiger charge is 2.29. The van der Waals surface area contributed by atoms with Crippen molar-refractivity contribution >= 4 is 34.8 Å². The van der Waals surface area contributed by atoms with Crippen LogP contribution in [0.2, 0.25) is 0 Å². The Bertz CT molecular complexity index is 851. The summed E-state index contributed by atoms with van der Waals surface area (Å²) in [6.45, 7) is 2.07. The van der Waals surface area contributed by atoms with Crippen LogP contribution in [0.15, 0.2) is 47.6 Å². The van der Waals surface area contributed by atoms with Crippen LogP contribution in [0, 0.1) is 0 Å². The lowest BCUT2D eigenvalue weighted by Gasteiger charge is -2.30. The van der Waals surface area contributed by atoms with Crippen molar-refractivity contribution in [3.63, 3.8) is 0 Å². The number of rotatable bonds is 6. The number of nitrogens with one attached hydrogen (secondary N) is 1.